The molecule has 1 atom stereocenters. The van der Waals surface area contributed by atoms with Gasteiger partial charge in [-0.3, -0.25) is 14.5 Å². The first-order valence-electron chi connectivity index (χ1n) is 8.71. The Hall–Kier alpha value is -3.15. The number of nitrogens with zero attached hydrogens (tertiary/aromatic N) is 2. The molecule has 0 saturated carbocycles. The van der Waals surface area contributed by atoms with Gasteiger partial charge in [0.1, 0.15) is 11.6 Å². The Kier molecular flexibility index (Phi) is 5.09. The van der Waals surface area contributed by atoms with E-state index in [1.54, 1.807) is 66.7 Å². The van der Waals surface area contributed by atoms with Gasteiger partial charge in [0.25, 0.3) is 5.78 Å². The van der Waals surface area contributed by atoms with E-state index in [9.17, 15) is 14.7 Å². The molecule has 29 heavy (non-hydrogen) atoms. The topological polar surface area (TPSA) is 70.5 Å². The van der Waals surface area contributed by atoms with Gasteiger partial charge in [0.05, 0.1) is 11.6 Å². The van der Waals surface area contributed by atoms with Crippen LogP contribution in [0, 0.1) is 0 Å². The minimum atomic E-state index is -0.849. The molecule has 4 rings (SSSR count). The summed E-state index contributed by atoms with van der Waals surface area (Å²) in [6.07, 6.45) is 1.53. The molecule has 0 spiro atoms. The Balaban J connectivity index is 1.94. The second-order valence-electron chi connectivity index (χ2n) is 6.42. The fraction of sp³-hybridized carbons (Fsp3) is 0.0455. The Bertz CT molecular complexity index is 1110. The van der Waals surface area contributed by atoms with Crippen LogP contribution in [0.5, 0.6) is 0 Å². The van der Waals surface area contributed by atoms with E-state index in [0.29, 0.717) is 27.0 Å². The molecule has 1 aliphatic rings. The first-order chi connectivity index (χ1) is 14.0. The molecule has 1 amide bonds. The molecular weight excluding hydrogens is 411 g/mol. The van der Waals surface area contributed by atoms with E-state index in [2.05, 4.69) is 4.98 Å². The normalized spacial score (nSPS) is 18.3. The van der Waals surface area contributed by atoms with Crippen LogP contribution in [-0.2, 0) is 9.59 Å². The number of rotatable bonds is 3. The molecule has 0 aliphatic carbocycles. The standard InChI is InChI=1S/C22H14Cl2N2O3/c23-15-8-4-13(5-9-15)19-18(20(27)14-6-10-16(24)11-7-14)21(28)22(29)26(19)17-3-1-2-12-25-17/h1-12,19,27H. The lowest BCUT2D eigenvalue weighted by Crippen LogP contribution is -2.30. The average Bonchev–Trinajstić information content (AvgIpc) is 3.00. The van der Waals surface area contributed by atoms with E-state index in [4.69, 9.17) is 23.2 Å². The smallest absolute Gasteiger partial charge is 0.301 e. The quantitative estimate of drug-likeness (QED) is 0.364. The van der Waals surface area contributed by atoms with Crippen LogP contribution in [0.25, 0.3) is 5.76 Å². The molecule has 1 aromatic heterocycles. The highest BCUT2D eigenvalue weighted by Gasteiger charge is 2.47. The van der Waals surface area contributed by atoms with E-state index >= 15 is 0 Å². The Labute approximate surface area is 176 Å². The van der Waals surface area contributed by atoms with Crippen molar-refractivity contribution in [1.82, 2.24) is 4.98 Å². The molecular formula is C22H14Cl2N2O3. The summed E-state index contributed by atoms with van der Waals surface area (Å²) in [5, 5.41) is 11.9. The highest BCUT2D eigenvalue weighted by atomic mass is 35.5. The van der Waals surface area contributed by atoms with E-state index in [0.717, 1.165) is 0 Å². The van der Waals surface area contributed by atoms with Gasteiger partial charge < -0.3 is 5.11 Å². The lowest BCUT2D eigenvalue weighted by atomic mass is 9.95. The maximum absolute atomic E-state index is 12.9. The van der Waals surface area contributed by atoms with Gasteiger partial charge in [-0.15, -0.1) is 0 Å². The number of halogens is 2. The van der Waals surface area contributed by atoms with Crippen LogP contribution in [0.3, 0.4) is 0 Å². The van der Waals surface area contributed by atoms with Gasteiger partial charge in [0, 0.05) is 21.8 Å². The zero-order valence-corrected chi connectivity index (χ0v) is 16.4. The number of Topliss-reactive ketones (excluding diaryl/α,β-unsaturated/α-hetero) is 1. The second kappa shape index (κ2) is 7.70. The van der Waals surface area contributed by atoms with Crippen LogP contribution in [0.2, 0.25) is 10.0 Å². The largest absolute Gasteiger partial charge is 0.507 e. The third-order valence-electron chi connectivity index (χ3n) is 4.64. The number of aromatic nitrogens is 1. The summed E-state index contributed by atoms with van der Waals surface area (Å²) in [6.45, 7) is 0. The molecule has 1 N–H and O–H groups in total. The van der Waals surface area contributed by atoms with Crippen molar-refractivity contribution in [3.8, 4) is 0 Å². The molecule has 1 aliphatic heterocycles. The monoisotopic (exact) mass is 424 g/mol. The van der Waals surface area contributed by atoms with Crippen molar-refractivity contribution in [2.24, 2.45) is 0 Å². The molecule has 3 aromatic rings. The summed E-state index contributed by atoms with van der Waals surface area (Å²) < 4.78 is 0. The lowest BCUT2D eigenvalue weighted by molar-refractivity contribution is -0.132. The van der Waals surface area contributed by atoms with Crippen molar-refractivity contribution >= 4 is 46.5 Å². The summed E-state index contributed by atoms with van der Waals surface area (Å²) in [4.78, 5) is 31.3. The summed E-state index contributed by atoms with van der Waals surface area (Å²) in [5.74, 6) is -1.52. The van der Waals surface area contributed by atoms with Gasteiger partial charge in [-0.25, -0.2) is 4.98 Å². The van der Waals surface area contributed by atoms with Crippen LogP contribution in [0.1, 0.15) is 17.2 Å². The maximum Gasteiger partial charge on any atom is 0.301 e. The van der Waals surface area contributed by atoms with Crippen LogP contribution in [-0.4, -0.2) is 21.8 Å². The Morgan fingerprint density at radius 1 is 0.897 bits per heavy atom. The molecule has 144 valence electrons. The minimum Gasteiger partial charge on any atom is -0.507 e. The molecule has 1 fully saturated rings. The molecule has 2 aromatic carbocycles. The molecule has 1 unspecified atom stereocenters. The first-order valence-corrected chi connectivity index (χ1v) is 9.46. The fourth-order valence-electron chi connectivity index (χ4n) is 3.29. The zero-order chi connectivity index (χ0) is 20.5. The highest BCUT2D eigenvalue weighted by Crippen LogP contribution is 2.41. The molecule has 1 saturated heterocycles. The van der Waals surface area contributed by atoms with Gasteiger partial charge in [-0.2, -0.15) is 0 Å². The van der Waals surface area contributed by atoms with E-state index in [-0.39, 0.29) is 11.3 Å². The lowest BCUT2D eigenvalue weighted by Gasteiger charge is -2.24. The second-order valence-corrected chi connectivity index (χ2v) is 7.29. The number of hydrogen-bond acceptors (Lipinski definition) is 4. The van der Waals surface area contributed by atoms with Crippen molar-refractivity contribution in [2.45, 2.75) is 6.04 Å². The van der Waals surface area contributed by atoms with E-state index < -0.39 is 17.7 Å². The van der Waals surface area contributed by atoms with Gasteiger partial charge in [-0.1, -0.05) is 41.4 Å². The van der Waals surface area contributed by atoms with Crippen LogP contribution in [0.15, 0.2) is 78.5 Å². The summed E-state index contributed by atoms with van der Waals surface area (Å²) >= 11 is 11.9. The van der Waals surface area contributed by atoms with Crippen LogP contribution < -0.4 is 4.90 Å². The van der Waals surface area contributed by atoms with Crippen molar-refractivity contribution in [3.63, 3.8) is 0 Å². The number of carbonyl (C=O) groups is 2. The first kappa shape index (κ1) is 19.2. The molecule has 7 heteroatoms. The zero-order valence-electron chi connectivity index (χ0n) is 14.9. The van der Waals surface area contributed by atoms with Gasteiger partial charge in [-0.05, 0) is 54.1 Å². The van der Waals surface area contributed by atoms with Gasteiger partial charge in [0.15, 0.2) is 0 Å². The maximum atomic E-state index is 12.9. The number of ketones is 1. The highest BCUT2D eigenvalue weighted by molar-refractivity contribution is 6.51. The predicted octanol–water partition coefficient (Wildman–Crippen LogP) is 5.01. The van der Waals surface area contributed by atoms with Crippen molar-refractivity contribution < 1.29 is 14.7 Å². The minimum absolute atomic E-state index is 0.0229. The number of aliphatic hydroxyl groups is 1. The van der Waals surface area contributed by atoms with Gasteiger partial charge >= 0.3 is 5.91 Å². The number of anilines is 1. The van der Waals surface area contributed by atoms with Crippen molar-refractivity contribution in [2.75, 3.05) is 4.90 Å². The van der Waals surface area contributed by atoms with Crippen LogP contribution in [0.4, 0.5) is 5.82 Å². The fourth-order valence-corrected chi connectivity index (χ4v) is 3.54. The average molecular weight is 425 g/mol. The third kappa shape index (κ3) is 3.50. The van der Waals surface area contributed by atoms with E-state index in [1.165, 1.54) is 11.1 Å². The molecule has 0 radical (unpaired) electrons. The van der Waals surface area contributed by atoms with E-state index in [1.807, 2.05) is 0 Å². The Morgan fingerprint density at radius 3 is 2.10 bits per heavy atom. The molecule has 2 heterocycles. The number of benzene rings is 2. The number of amides is 1. The van der Waals surface area contributed by atoms with Crippen LogP contribution >= 0.6 is 23.2 Å². The van der Waals surface area contributed by atoms with Crippen molar-refractivity contribution in [1.29, 1.82) is 0 Å². The predicted molar refractivity (Wildman–Crippen MR) is 112 cm³/mol. The summed E-state index contributed by atoms with van der Waals surface area (Å²) in [7, 11) is 0. The SMILES string of the molecule is O=C1C(=O)N(c2ccccn2)C(c2ccc(Cl)cc2)C1=C(O)c1ccc(Cl)cc1. The van der Waals surface area contributed by atoms with Crippen molar-refractivity contribution in [3.05, 3.63) is 99.7 Å². The Morgan fingerprint density at radius 2 is 1.52 bits per heavy atom. The molecule has 5 nitrogen and oxygen atoms in total. The number of carbonyl (C=O) groups excluding carboxylic acids is 2. The number of hydrogen-bond donors (Lipinski definition) is 1. The summed E-state index contributed by atoms with van der Waals surface area (Å²) in [5.41, 5.74) is 0.979. The number of aliphatic hydroxyl groups excluding tert-OH is 1. The number of pyridine rings is 1. The van der Waals surface area contributed by atoms with Gasteiger partial charge in [0.2, 0.25) is 0 Å². The third-order valence-corrected chi connectivity index (χ3v) is 5.15. The summed E-state index contributed by atoms with van der Waals surface area (Å²) in [6, 6.07) is 17.4. The molecule has 0 bridgehead atoms.